The first kappa shape index (κ1) is 37.5. The summed E-state index contributed by atoms with van der Waals surface area (Å²) in [5, 5.41) is 0. The SMILES string of the molecule is C1=CC(c2ccccc2)CC=C1c1ccc(N(c2ccc(-c3ccccc3)cc2)c2ccc(-c3ccc(-c4ccccc4)cc3)c(-c3ccccc3)c2)cc1-c1ccccc1. The highest BCUT2D eigenvalue weighted by Gasteiger charge is 2.20. The molecule has 1 nitrogen and oxygen atoms in total. The standard InChI is InChI=1S/C60H45N/c1-6-16-44(17-7-1)47-26-30-52(31-27-47)57-40-38-55(42-59(57)50-22-12-4-13-23-50)61(54-36-34-49(35-37-54)46-20-10-3-11-21-46)56-39-41-58(60(43-56)51-24-14-5-15-25-51)53-32-28-48(29-33-53)45-18-8-2-9-19-45/h1-28,30-43,48H,29H2. The fourth-order valence-corrected chi connectivity index (χ4v) is 8.68. The lowest BCUT2D eigenvalue weighted by atomic mass is 9.86. The molecule has 9 aromatic carbocycles. The molecule has 0 heterocycles. The molecule has 0 fully saturated rings. The normalized spacial score (nSPS) is 13.4. The van der Waals surface area contributed by atoms with Crippen LogP contribution < -0.4 is 4.90 Å². The lowest BCUT2D eigenvalue weighted by Gasteiger charge is -2.28. The Bertz CT molecular complexity index is 2930. The van der Waals surface area contributed by atoms with E-state index in [-0.39, 0.29) is 0 Å². The van der Waals surface area contributed by atoms with Crippen LogP contribution in [0.4, 0.5) is 17.1 Å². The van der Waals surface area contributed by atoms with Gasteiger partial charge in [0.2, 0.25) is 0 Å². The van der Waals surface area contributed by atoms with Crippen LogP contribution in [0.1, 0.15) is 23.5 Å². The van der Waals surface area contributed by atoms with Gasteiger partial charge in [0, 0.05) is 23.0 Å². The molecule has 290 valence electrons. The van der Waals surface area contributed by atoms with Crippen molar-refractivity contribution in [3.8, 4) is 55.6 Å². The van der Waals surface area contributed by atoms with Gasteiger partial charge in [-0.1, -0.05) is 218 Å². The van der Waals surface area contributed by atoms with Gasteiger partial charge in [-0.3, -0.25) is 0 Å². The van der Waals surface area contributed by atoms with Gasteiger partial charge in [0.15, 0.2) is 0 Å². The van der Waals surface area contributed by atoms with Crippen molar-refractivity contribution in [2.75, 3.05) is 4.90 Å². The first-order chi connectivity index (χ1) is 30.2. The van der Waals surface area contributed by atoms with Crippen LogP contribution in [-0.4, -0.2) is 0 Å². The Morgan fingerprint density at radius 1 is 0.311 bits per heavy atom. The van der Waals surface area contributed by atoms with Gasteiger partial charge in [-0.05, 0) is 115 Å². The third-order valence-corrected chi connectivity index (χ3v) is 11.9. The molecular formula is C60H45N. The zero-order chi connectivity index (χ0) is 40.8. The molecule has 1 aliphatic rings. The minimum absolute atomic E-state index is 0.377. The maximum atomic E-state index is 2.41. The molecule has 0 amide bonds. The van der Waals surface area contributed by atoms with Gasteiger partial charge >= 0.3 is 0 Å². The van der Waals surface area contributed by atoms with E-state index >= 15 is 0 Å². The van der Waals surface area contributed by atoms with Crippen molar-refractivity contribution in [2.45, 2.75) is 12.3 Å². The average Bonchev–Trinajstić information content (AvgIpc) is 3.36. The molecule has 0 aromatic heterocycles. The zero-order valence-electron chi connectivity index (χ0n) is 34.0. The highest BCUT2D eigenvalue weighted by molar-refractivity contribution is 5.93. The van der Waals surface area contributed by atoms with E-state index in [0.29, 0.717) is 5.92 Å². The van der Waals surface area contributed by atoms with Crippen molar-refractivity contribution in [2.24, 2.45) is 0 Å². The van der Waals surface area contributed by atoms with Crippen molar-refractivity contribution >= 4 is 22.6 Å². The van der Waals surface area contributed by atoms with E-state index < -0.39 is 0 Å². The van der Waals surface area contributed by atoms with Gasteiger partial charge < -0.3 is 4.90 Å². The largest absolute Gasteiger partial charge is 0.310 e. The molecule has 9 aromatic rings. The lowest BCUT2D eigenvalue weighted by Crippen LogP contribution is -2.11. The van der Waals surface area contributed by atoms with E-state index in [1.165, 1.54) is 72.3 Å². The molecule has 0 radical (unpaired) electrons. The number of anilines is 3. The molecule has 61 heavy (non-hydrogen) atoms. The van der Waals surface area contributed by atoms with E-state index in [1.54, 1.807) is 0 Å². The summed E-state index contributed by atoms with van der Waals surface area (Å²) in [6, 6.07) is 85.6. The Balaban J connectivity index is 1.11. The average molecular weight is 780 g/mol. The molecule has 1 aliphatic carbocycles. The Morgan fingerprint density at radius 3 is 1.18 bits per heavy atom. The van der Waals surface area contributed by atoms with Crippen molar-refractivity contribution in [1.29, 1.82) is 0 Å². The zero-order valence-corrected chi connectivity index (χ0v) is 34.0. The van der Waals surface area contributed by atoms with Crippen LogP contribution >= 0.6 is 0 Å². The Labute approximate surface area is 359 Å². The third-order valence-electron chi connectivity index (χ3n) is 11.9. The number of rotatable bonds is 10. The van der Waals surface area contributed by atoms with Crippen LogP contribution in [0.5, 0.6) is 0 Å². The summed E-state index contributed by atoms with van der Waals surface area (Å²) in [5.74, 6) is 0.377. The van der Waals surface area contributed by atoms with Gasteiger partial charge in [-0.15, -0.1) is 0 Å². The van der Waals surface area contributed by atoms with Gasteiger partial charge in [-0.25, -0.2) is 0 Å². The van der Waals surface area contributed by atoms with Crippen LogP contribution in [0.25, 0.3) is 61.2 Å². The van der Waals surface area contributed by atoms with Gasteiger partial charge in [0.25, 0.3) is 0 Å². The van der Waals surface area contributed by atoms with E-state index in [2.05, 4.69) is 260 Å². The van der Waals surface area contributed by atoms with Gasteiger partial charge in [-0.2, -0.15) is 0 Å². The van der Waals surface area contributed by atoms with Gasteiger partial charge in [0.05, 0.1) is 0 Å². The highest BCUT2D eigenvalue weighted by atomic mass is 15.1. The summed E-state index contributed by atoms with van der Waals surface area (Å²) in [7, 11) is 0. The molecule has 0 N–H and O–H groups in total. The van der Waals surface area contributed by atoms with Crippen LogP contribution in [0.2, 0.25) is 0 Å². The first-order valence-electron chi connectivity index (χ1n) is 21.2. The summed E-state index contributed by atoms with van der Waals surface area (Å²) in [4.78, 5) is 2.41. The maximum absolute atomic E-state index is 2.41. The summed E-state index contributed by atoms with van der Waals surface area (Å²) < 4.78 is 0. The molecule has 0 spiro atoms. The predicted molar refractivity (Wildman–Crippen MR) is 259 cm³/mol. The molecule has 1 heteroatoms. The summed E-state index contributed by atoms with van der Waals surface area (Å²) in [5.41, 5.74) is 19.1. The number of hydrogen-bond acceptors (Lipinski definition) is 1. The number of nitrogens with zero attached hydrogens (tertiary/aromatic N) is 1. The van der Waals surface area contributed by atoms with E-state index in [9.17, 15) is 0 Å². The van der Waals surface area contributed by atoms with Gasteiger partial charge in [0.1, 0.15) is 0 Å². The van der Waals surface area contributed by atoms with Crippen LogP contribution in [0.15, 0.2) is 255 Å². The van der Waals surface area contributed by atoms with E-state index in [0.717, 1.165) is 23.5 Å². The van der Waals surface area contributed by atoms with E-state index in [1.807, 2.05) is 0 Å². The Hall–Kier alpha value is -7.74. The molecule has 0 saturated carbocycles. The molecule has 0 bridgehead atoms. The smallest absolute Gasteiger partial charge is 0.0468 e. The minimum Gasteiger partial charge on any atom is -0.310 e. The second-order valence-corrected chi connectivity index (χ2v) is 15.7. The van der Waals surface area contributed by atoms with Crippen molar-refractivity contribution in [1.82, 2.24) is 0 Å². The fourth-order valence-electron chi connectivity index (χ4n) is 8.68. The molecular weight excluding hydrogens is 735 g/mol. The highest BCUT2D eigenvalue weighted by Crippen LogP contribution is 2.44. The van der Waals surface area contributed by atoms with Crippen LogP contribution in [0, 0.1) is 0 Å². The quantitative estimate of drug-likeness (QED) is 0.134. The van der Waals surface area contributed by atoms with Crippen LogP contribution in [0.3, 0.4) is 0 Å². The van der Waals surface area contributed by atoms with E-state index in [4.69, 9.17) is 0 Å². The summed E-state index contributed by atoms with van der Waals surface area (Å²) >= 11 is 0. The monoisotopic (exact) mass is 779 g/mol. The summed E-state index contributed by atoms with van der Waals surface area (Å²) in [6.07, 6.45) is 8.07. The molecule has 0 saturated heterocycles. The molecule has 0 aliphatic heterocycles. The van der Waals surface area contributed by atoms with Crippen molar-refractivity contribution in [3.05, 3.63) is 266 Å². The number of hydrogen-bond donors (Lipinski definition) is 0. The first-order valence-corrected chi connectivity index (χ1v) is 21.2. The topological polar surface area (TPSA) is 3.24 Å². The third kappa shape index (κ3) is 8.02. The fraction of sp³-hybridized carbons (Fsp3) is 0.0333. The van der Waals surface area contributed by atoms with Crippen molar-refractivity contribution in [3.63, 3.8) is 0 Å². The molecule has 1 unspecified atom stereocenters. The Kier molecular flexibility index (Phi) is 10.6. The van der Waals surface area contributed by atoms with Crippen LogP contribution in [-0.2, 0) is 0 Å². The lowest BCUT2D eigenvalue weighted by molar-refractivity contribution is 0.857. The predicted octanol–water partition coefficient (Wildman–Crippen LogP) is 16.6. The van der Waals surface area contributed by atoms with Crippen molar-refractivity contribution < 1.29 is 0 Å². The number of allylic oxidation sites excluding steroid dienone is 4. The molecule has 10 rings (SSSR count). The molecule has 1 atom stereocenters. The second-order valence-electron chi connectivity index (χ2n) is 15.7. The maximum Gasteiger partial charge on any atom is 0.0468 e. The Morgan fingerprint density at radius 2 is 0.689 bits per heavy atom. The minimum atomic E-state index is 0.377. The number of benzene rings is 9. The second kappa shape index (κ2) is 17.2. The summed E-state index contributed by atoms with van der Waals surface area (Å²) in [6.45, 7) is 0.